The van der Waals surface area contributed by atoms with E-state index in [1.807, 2.05) is 12.1 Å². The van der Waals surface area contributed by atoms with Gasteiger partial charge in [0.1, 0.15) is 5.82 Å². The van der Waals surface area contributed by atoms with Crippen LogP contribution in [0.25, 0.3) is 0 Å². The molecule has 1 aliphatic heterocycles. The molecule has 0 spiro atoms. The van der Waals surface area contributed by atoms with E-state index in [4.69, 9.17) is 5.73 Å². The molecule has 1 heterocycles. The van der Waals surface area contributed by atoms with Gasteiger partial charge in [-0.2, -0.15) is 0 Å². The predicted octanol–water partition coefficient (Wildman–Crippen LogP) is 2.43. The molecule has 18 heavy (non-hydrogen) atoms. The maximum atomic E-state index is 13.6. The molecule has 0 amide bonds. The van der Waals surface area contributed by atoms with Crippen LogP contribution in [-0.4, -0.2) is 30.1 Å². The zero-order valence-corrected chi connectivity index (χ0v) is 11.3. The number of benzene rings is 1. The molecule has 0 radical (unpaired) electrons. The second-order valence-corrected chi connectivity index (χ2v) is 5.70. The lowest BCUT2D eigenvalue weighted by molar-refractivity contribution is 0.123. The van der Waals surface area contributed by atoms with Crippen molar-refractivity contribution in [2.24, 2.45) is 11.7 Å². The van der Waals surface area contributed by atoms with Crippen molar-refractivity contribution in [1.82, 2.24) is 4.90 Å². The molecular weight excluding hydrogens is 227 g/mol. The van der Waals surface area contributed by atoms with Gasteiger partial charge in [0.25, 0.3) is 0 Å². The average molecular weight is 250 g/mol. The minimum absolute atomic E-state index is 0.0984. The summed E-state index contributed by atoms with van der Waals surface area (Å²) >= 11 is 0. The number of hydrogen-bond donors (Lipinski definition) is 1. The predicted molar refractivity (Wildman–Crippen MR) is 72.9 cm³/mol. The smallest absolute Gasteiger partial charge is 0.126 e. The monoisotopic (exact) mass is 250 g/mol. The molecule has 0 aromatic heterocycles. The van der Waals surface area contributed by atoms with Crippen LogP contribution < -0.4 is 5.73 Å². The third kappa shape index (κ3) is 3.30. The molecule has 1 aromatic rings. The molecule has 3 unspecified atom stereocenters. The molecule has 0 saturated carbocycles. The third-order valence-corrected chi connectivity index (χ3v) is 3.82. The van der Waals surface area contributed by atoms with Crippen LogP contribution in [0.3, 0.4) is 0 Å². The lowest BCUT2D eigenvalue weighted by Crippen LogP contribution is -2.50. The van der Waals surface area contributed by atoms with Crippen LogP contribution in [0.2, 0.25) is 0 Å². The summed E-state index contributed by atoms with van der Waals surface area (Å²) in [7, 11) is 0. The fourth-order valence-corrected chi connectivity index (χ4v) is 2.91. The molecule has 3 heteroatoms. The Kier molecular flexibility index (Phi) is 4.36. The van der Waals surface area contributed by atoms with Crippen LogP contribution in [0.4, 0.5) is 4.39 Å². The summed E-state index contributed by atoms with van der Waals surface area (Å²) in [5.41, 5.74) is 6.86. The maximum absolute atomic E-state index is 13.6. The van der Waals surface area contributed by atoms with Crippen molar-refractivity contribution < 1.29 is 4.39 Å². The van der Waals surface area contributed by atoms with Crippen LogP contribution in [0.5, 0.6) is 0 Å². The van der Waals surface area contributed by atoms with E-state index in [1.54, 1.807) is 6.07 Å². The molecular formula is C15H23FN2. The molecule has 1 aliphatic rings. The molecule has 0 bridgehead atoms. The number of nitrogens with zero attached hydrogens (tertiary/aromatic N) is 1. The van der Waals surface area contributed by atoms with Crippen LogP contribution in [-0.2, 0) is 6.42 Å². The molecule has 1 fully saturated rings. The van der Waals surface area contributed by atoms with Crippen molar-refractivity contribution in [3.8, 4) is 0 Å². The first-order chi connectivity index (χ1) is 8.56. The van der Waals surface area contributed by atoms with Crippen LogP contribution in [0, 0.1) is 11.7 Å². The third-order valence-electron chi connectivity index (χ3n) is 3.82. The van der Waals surface area contributed by atoms with Gasteiger partial charge in [-0.3, -0.25) is 4.90 Å². The molecule has 1 saturated heterocycles. The van der Waals surface area contributed by atoms with Crippen molar-refractivity contribution in [1.29, 1.82) is 0 Å². The van der Waals surface area contributed by atoms with Crippen molar-refractivity contribution >= 4 is 0 Å². The van der Waals surface area contributed by atoms with Gasteiger partial charge < -0.3 is 5.73 Å². The van der Waals surface area contributed by atoms with Crippen LogP contribution in [0.1, 0.15) is 25.8 Å². The topological polar surface area (TPSA) is 29.3 Å². The van der Waals surface area contributed by atoms with Crippen molar-refractivity contribution in [3.63, 3.8) is 0 Å². The highest BCUT2D eigenvalue weighted by Gasteiger charge is 2.25. The van der Waals surface area contributed by atoms with Gasteiger partial charge in [0.15, 0.2) is 0 Å². The second-order valence-electron chi connectivity index (χ2n) is 5.70. The number of piperidine rings is 1. The van der Waals surface area contributed by atoms with E-state index in [0.717, 1.165) is 31.5 Å². The van der Waals surface area contributed by atoms with E-state index in [2.05, 4.69) is 18.7 Å². The second kappa shape index (κ2) is 5.81. The standard InChI is InChI=1S/C15H23FN2/c1-11-7-14(17)10-18(9-11)12(2)8-13-5-3-4-6-15(13)16/h3-6,11-12,14H,7-10,17H2,1-2H3. The number of hydrogen-bond acceptors (Lipinski definition) is 2. The van der Waals surface area contributed by atoms with Gasteiger partial charge in [-0.05, 0) is 37.3 Å². The first-order valence-corrected chi connectivity index (χ1v) is 6.79. The number of rotatable bonds is 3. The number of nitrogens with two attached hydrogens (primary N) is 1. The summed E-state index contributed by atoms with van der Waals surface area (Å²) in [6.45, 7) is 6.41. The fraction of sp³-hybridized carbons (Fsp3) is 0.600. The summed E-state index contributed by atoms with van der Waals surface area (Å²) in [5, 5.41) is 0. The number of halogens is 1. The molecule has 2 nitrogen and oxygen atoms in total. The summed E-state index contributed by atoms with van der Waals surface area (Å²) < 4.78 is 13.6. The number of likely N-dealkylation sites (tertiary alicyclic amines) is 1. The lowest BCUT2D eigenvalue weighted by atomic mass is 9.94. The van der Waals surface area contributed by atoms with Crippen molar-refractivity contribution in [2.45, 2.75) is 38.8 Å². The van der Waals surface area contributed by atoms with Crippen LogP contribution in [0.15, 0.2) is 24.3 Å². The summed E-state index contributed by atoms with van der Waals surface area (Å²) in [6.07, 6.45) is 1.86. The Morgan fingerprint density at radius 3 is 2.78 bits per heavy atom. The highest BCUT2D eigenvalue weighted by molar-refractivity contribution is 5.18. The van der Waals surface area contributed by atoms with E-state index in [0.29, 0.717) is 12.0 Å². The van der Waals surface area contributed by atoms with Crippen molar-refractivity contribution in [2.75, 3.05) is 13.1 Å². The van der Waals surface area contributed by atoms with Crippen molar-refractivity contribution in [3.05, 3.63) is 35.6 Å². The molecule has 3 atom stereocenters. The van der Waals surface area contributed by atoms with E-state index in [9.17, 15) is 4.39 Å². The zero-order chi connectivity index (χ0) is 13.1. The summed E-state index contributed by atoms with van der Waals surface area (Å²) in [4.78, 5) is 2.39. The molecule has 2 N–H and O–H groups in total. The van der Waals surface area contributed by atoms with Crippen LogP contribution >= 0.6 is 0 Å². The zero-order valence-electron chi connectivity index (χ0n) is 11.3. The first kappa shape index (κ1) is 13.5. The fourth-order valence-electron chi connectivity index (χ4n) is 2.91. The highest BCUT2D eigenvalue weighted by atomic mass is 19.1. The minimum atomic E-state index is -0.0984. The van der Waals surface area contributed by atoms with Gasteiger partial charge >= 0.3 is 0 Å². The Morgan fingerprint density at radius 2 is 2.11 bits per heavy atom. The van der Waals surface area contributed by atoms with Gasteiger partial charge in [-0.25, -0.2) is 4.39 Å². The summed E-state index contributed by atoms with van der Waals surface area (Å²) in [6, 6.07) is 7.65. The lowest BCUT2D eigenvalue weighted by Gasteiger charge is -2.38. The largest absolute Gasteiger partial charge is 0.327 e. The van der Waals surface area contributed by atoms with Gasteiger partial charge in [-0.15, -0.1) is 0 Å². The van der Waals surface area contributed by atoms with Gasteiger partial charge in [-0.1, -0.05) is 25.1 Å². The molecule has 0 aliphatic carbocycles. The molecule has 100 valence electrons. The normalized spacial score (nSPS) is 27.1. The molecule has 2 rings (SSSR count). The Morgan fingerprint density at radius 1 is 1.39 bits per heavy atom. The average Bonchev–Trinajstić information content (AvgIpc) is 2.31. The highest BCUT2D eigenvalue weighted by Crippen LogP contribution is 2.20. The molecule has 1 aromatic carbocycles. The van der Waals surface area contributed by atoms with Gasteiger partial charge in [0, 0.05) is 25.2 Å². The Bertz CT molecular complexity index is 384. The Balaban J connectivity index is 1.99. The summed E-state index contributed by atoms with van der Waals surface area (Å²) in [5.74, 6) is 0.538. The maximum Gasteiger partial charge on any atom is 0.126 e. The minimum Gasteiger partial charge on any atom is -0.327 e. The van der Waals surface area contributed by atoms with E-state index >= 15 is 0 Å². The van der Waals surface area contributed by atoms with Gasteiger partial charge in [0.2, 0.25) is 0 Å². The quantitative estimate of drug-likeness (QED) is 0.892. The van der Waals surface area contributed by atoms with Gasteiger partial charge in [0.05, 0.1) is 0 Å². The SMILES string of the molecule is CC1CC(N)CN(C(C)Cc2ccccc2F)C1. The Hall–Kier alpha value is -0.930. The van der Waals surface area contributed by atoms with E-state index in [-0.39, 0.29) is 11.9 Å². The van der Waals surface area contributed by atoms with E-state index in [1.165, 1.54) is 6.07 Å². The Labute approximate surface area is 109 Å². The van der Waals surface area contributed by atoms with E-state index < -0.39 is 0 Å². The first-order valence-electron chi connectivity index (χ1n) is 6.79.